The molecule has 0 saturated carbocycles. The highest BCUT2D eigenvalue weighted by Crippen LogP contribution is 2.22. The molecule has 0 amide bonds. The highest BCUT2D eigenvalue weighted by Gasteiger charge is 2.09. The van der Waals surface area contributed by atoms with E-state index >= 15 is 0 Å². The smallest absolute Gasteiger partial charge is 0.305 e. The number of carbonyl (C=O) groups is 1. The molecule has 0 rings (SSSR count). The van der Waals surface area contributed by atoms with Crippen LogP contribution in [0.3, 0.4) is 0 Å². The number of ether oxygens (including phenoxy) is 1. The van der Waals surface area contributed by atoms with Gasteiger partial charge < -0.3 is 4.74 Å². The molecule has 0 aromatic carbocycles. The van der Waals surface area contributed by atoms with Gasteiger partial charge in [0.05, 0.1) is 17.8 Å². The summed E-state index contributed by atoms with van der Waals surface area (Å²) in [6.45, 7) is 7.45. The summed E-state index contributed by atoms with van der Waals surface area (Å²) in [7, 11) is 0. The third kappa shape index (κ3) is 28.6. The number of thiocarbonyl (C=S) groups is 1. The molecule has 0 N–H and O–H groups in total. The molecule has 4 heteroatoms. The van der Waals surface area contributed by atoms with E-state index in [9.17, 15) is 4.79 Å². The fourth-order valence-corrected chi connectivity index (χ4v) is 5.76. The van der Waals surface area contributed by atoms with Gasteiger partial charge in [-0.15, -0.1) is 0 Å². The topological polar surface area (TPSA) is 38.7 Å². The van der Waals surface area contributed by atoms with Crippen LogP contribution in [0.15, 0.2) is 4.99 Å². The molecule has 1 atom stereocenters. The second-order valence-electron chi connectivity index (χ2n) is 12.0. The van der Waals surface area contributed by atoms with E-state index in [1.54, 1.807) is 0 Å². The molecule has 0 aliphatic carbocycles. The predicted molar refractivity (Wildman–Crippen MR) is 175 cm³/mol. The van der Waals surface area contributed by atoms with Crippen molar-refractivity contribution in [1.82, 2.24) is 0 Å². The molecule has 39 heavy (non-hydrogen) atoms. The Balaban J connectivity index is 3.66. The van der Waals surface area contributed by atoms with Crippen LogP contribution in [0, 0.1) is 5.92 Å². The third-order valence-corrected chi connectivity index (χ3v) is 8.35. The monoisotopic (exact) mass is 565 g/mol. The molecule has 0 aliphatic heterocycles. The number of unbranched alkanes of at least 4 members (excludes halogenated alkanes) is 16. The van der Waals surface area contributed by atoms with Crippen LogP contribution in [0.25, 0.3) is 0 Å². The van der Waals surface area contributed by atoms with Crippen LogP contribution >= 0.6 is 12.2 Å². The van der Waals surface area contributed by atoms with Crippen molar-refractivity contribution in [2.75, 3.05) is 6.61 Å². The van der Waals surface area contributed by atoms with Gasteiger partial charge >= 0.3 is 5.97 Å². The lowest BCUT2D eigenvalue weighted by Gasteiger charge is -2.16. The Labute approximate surface area is 250 Å². The van der Waals surface area contributed by atoms with Gasteiger partial charge in [-0.2, -0.15) is 0 Å². The molecule has 0 aromatic heterocycles. The summed E-state index contributed by atoms with van der Waals surface area (Å²) in [5.41, 5.74) is 0. The van der Waals surface area contributed by atoms with Gasteiger partial charge in [0, 0.05) is 6.42 Å². The molecule has 0 spiro atoms. The van der Waals surface area contributed by atoms with Gasteiger partial charge in [0.15, 0.2) is 0 Å². The van der Waals surface area contributed by atoms with Gasteiger partial charge in [-0.1, -0.05) is 156 Å². The van der Waals surface area contributed by atoms with Crippen LogP contribution in [0.1, 0.15) is 194 Å². The average molecular weight is 566 g/mol. The number of hydrogen-bond acceptors (Lipinski definition) is 4. The largest absolute Gasteiger partial charge is 0.466 e. The minimum Gasteiger partial charge on any atom is -0.466 e. The fraction of sp³-hybridized carbons (Fsp3) is 0.943. The number of isothiocyanates is 1. The Morgan fingerprint density at radius 1 is 0.590 bits per heavy atom. The van der Waals surface area contributed by atoms with Crippen molar-refractivity contribution >= 4 is 23.3 Å². The van der Waals surface area contributed by atoms with Crippen molar-refractivity contribution in [3.05, 3.63) is 0 Å². The Morgan fingerprint density at radius 3 is 1.54 bits per heavy atom. The lowest BCUT2D eigenvalue weighted by atomic mass is 9.91. The van der Waals surface area contributed by atoms with E-state index < -0.39 is 0 Å². The van der Waals surface area contributed by atoms with Crippen molar-refractivity contribution < 1.29 is 9.53 Å². The zero-order chi connectivity index (χ0) is 28.7. The van der Waals surface area contributed by atoms with Crippen molar-refractivity contribution in [1.29, 1.82) is 0 Å². The predicted octanol–water partition coefficient (Wildman–Crippen LogP) is 12.2. The highest BCUT2D eigenvalue weighted by molar-refractivity contribution is 7.78. The zero-order valence-corrected chi connectivity index (χ0v) is 27.4. The maximum atomic E-state index is 12.1. The van der Waals surface area contributed by atoms with E-state index in [4.69, 9.17) is 17.0 Å². The average Bonchev–Trinajstić information content (AvgIpc) is 2.94. The van der Waals surface area contributed by atoms with E-state index in [0.29, 0.717) is 19.1 Å². The van der Waals surface area contributed by atoms with E-state index in [0.717, 1.165) is 38.0 Å². The number of rotatable bonds is 31. The van der Waals surface area contributed by atoms with E-state index in [2.05, 4.69) is 30.9 Å². The second-order valence-corrected chi connectivity index (χ2v) is 12.2. The van der Waals surface area contributed by atoms with Crippen LogP contribution < -0.4 is 0 Å². The number of carbonyl (C=O) groups excluding carboxylic acids is 1. The minimum absolute atomic E-state index is 0.00427. The van der Waals surface area contributed by atoms with Crippen LogP contribution in [0.4, 0.5) is 0 Å². The zero-order valence-electron chi connectivity index (χ0n) is 26.6. The summed E-state index contributed by atoms with van der Waals surface area (Å²) >= 11 is 4.89. The SMILES string of the molecule is CCCCCCCCCCCCC(CCCCCCCC(=O)OCCCCC(CCCC)CCCC)N=C=S. The van der Waals surface area contributed by atoms with Gasteiger partial charge in [-0.05, 0) is 50.2 Å². The van der Waals surface area contributed by atoms with E-state index in [1.807, 2.05) is 0 Å². The Hall–Kier alpha value is -0.730. The minimum atomic E-state index is -0.00427. The molecule has 0 radical (unpaired) electrons. The standard InChI is InChI=1S/C35H67NO2S/c1-4-7-10-11-12-13-14-15-17-20-28-34(36-32-39)29-21-18-16-19-22-30-35(37)38-31-24-23-27-33(25-8-5-2)26-9-6-3/h33-34H,4-31H2,1-3H3. The van der Waals surface area contributed by atoms with Crippen LogP contribution in [0.5, 0.6) is 0 Å². The van der Waals surface area contributed by atoms with Crippen LogP contribution in [-0.4, -0.2) is 23.8 Å². The summed E-state index contributed by atoms with van der Waals surface area (Å²) in [5, 5.41) is 2.63. The molecule has 0 bridgehead atoms. The lowest BCUT2D eigenvalue weighted by Crippen LogP contribution is -2.07. The number of nitrogens with zero attached hydrogens (tertiary/aromatic N) is 1. The second kappa shape index (κ2) is 31.8. The van der Waals surface area contributed by atoms with Crippen molar-refractivity contribution in [2.24, 2.45) is 10.9 Å². The molecule has 0 aliphatic rings. The van der Waals surface area contributed by atoms with Gasteiger partial charge in [0.2, 0.25) is 0 Å². The number of aliphatic imine (C=N–C) groups is 1. The highest BCUT2D eigenvalue weighted by atomic mass is 32.1. The molecule has 0 saturated heterocycles. The number of hydrogen-bond donors (Lipinski definition) is 0. The first kappa shape index (κ1) is 38.3. The van der Waals surface area contributed by atoms with Gasteiger partial charge in [-0.3, -0.25) is 4.79 Å². The normalized spacial score (nSPS) is 12.0. The molecule has 230 valence electrons. The summed E-state index contributed by atoms with van der Waals surface area (Å²) < 4.78 is 5.49. The number of esters is 1. The fourth-order valence-electron chi connectivity index (χ4n) is 5.61. The molecule has 0 heterocycles. The Kier molecular flexibility index (Phi) is 31.2. The van der Waals surface area contributed by atoms with Crippen molar-refractivity contribution in [2.45, 2.75) is 200 Å². The first-order chi connectivity index (χ1) is 19.2. The Bertz CT molecular complexity index is 553. The lowest BCUT2D eigenvalue weighted by molar-refractivity contribution is -0.143. The van der Waals surface area contributed by atoms with Gasteiger partial charge in [0.1, 0.15) is 0 Å². The molecule has 1 unspecified atom stereocenters. The molecular formula is C35H67NO2S. The first-order valence-electron chi connectivity index (χ1n) is 17.4. The molecular weight excluding hydrogens is 498 g/mol. The summed E-state index contributed by atoms with van der Waals surface area (Å²) in [6.07, 6.45) is 33.8. The van der Waals surface area contributed by atoms with Crippen molar-refractivity contribution in [3.8, 4) is 0 Å². The summed E-state index contributed by atoms with van der Waals surface area (Å²) in [6, 6.07) is 0.361. The van der Waals surface area contributed by atoms with Crippen molar-refractivity contribution in [3.63, 3.8) is 0 Å². The van der Waals surface area contributed by atoms with Gasteiger partial charge in [-0.25, -0.2) is 4.99 Å². The van der Waals surface area contributed by atoms with Crippen LogP contribution in [-0.2, 0) is 9.53 Å². The summed E-state index contributed by atoms with van der Waals surface area (Å²) in [5.74, 6) is 0.868. The molecule has 3 nitrogen and oxygen atoms in total. The summed E-state index contributed by atoms with van der Waals surface area (Å²) in [4.78, 5) is 16.5. The van der Waals surface area contributed by atoms with Crippen LogP contribution in [0.2, 0.25) is 0 Å². The van der Waals surface area contributed by atoms with E-state index in [1.165, 1.54) is 135 Å². The maximum Gasteiger partial charge on any atom is 0.305 e. The van der Waals surface area contributed by atoms with E-state index in [-0.39, 0.29) is 5.97 Å². The molecule has 0 fully saturated rings. The maximum absolute atomic E-state index is 12.1. The first-order valence-corrected chi connectivity index (χ1v) is 17.8. The quantitative estimate of drug-likeness (QED) is 0.0363. The Morgan fingerprint density at radius 2 is 1.03 bits per heavy atom. The third-order valence-electron chi connectivity index (χ3n) is 8.25. The molecule has 0 aromatic rings. The van der Waals surface area contributed by atoms with Gasteiger partial charge in [0.25, 0.3) is 0 Å².